The summed E-state index contributed by atoms with van der Waals surface area (Å²) in [4.78, 5) is 112. The zero-order chi connectivity index (χ0) is 98.1. The van der Waals surface area contributed by atoms with Gasteiger partial charge in [0.25, 0.3) is 5.78 Å². The van der Waals surface area contributed by atoms with Crippen LogP contribution < -0.4 is 59.1 Å². The molecule has 0 radical (unpaired) electrons. The number of hydrogen-bond acceptors (Lipinski definition) is 22. The fourth-order valence-electron chi connectivity index (χ4n) is 10.1. The fourth-order valence-corrected chi connectivity index (χ4v) is 10.1. The molecule has 46 heteroatoms. The van der Waals surface area contributed by atoms with Gasteiger partial charge in [0.1, 0.15) is 86.7 Å². The number of methoxy groups -OCH3 is 5. The van der Waals surface area contributed by atoms with Gasteiger partial charge in [-0.15, -0.1) is 0 Å². The number of Topliss-reactive ketones (excluding diaryl/α,β-unsaturated/α-hetero) is 1. The number of aliphatic carboxylic acids is 2. The van der Waals surface area contributed by atoms with Gasteiger partial charge in [-0.05, 0) is 148 Å². The number of rotatable bonds is 26. The van der Waals surface area contributed by atoms with Crippen molar-refractivity contribution in [3.05, 3.63) is 205 Å². The van der Waals surface area contributed by atoms with Crippen molar-refractivity contribution in [1.29, 1.82) is 0 Å². The van der Waals surface area contributed by atoms with E-state index in [0.29, 0.717) is 84.1 Å². The van der Waals surface area contributed by atoms with Crippen molar-refractivity contribution in [2.24, 2.45) is 0 Å². The SMILES string of the molecule is CC(C)(C)OC(=O)N[C@@H](CC(=O)O)Cc1cc(F)c(F)cc1F.CC(C)(C)OC(=O)N[C@H](Cc1cc(F)c(F)cc1F)C(=O)C=[N+]=[N-].CC(C)(C)OC(=O)N[C@H](Cc1cc(F)c(F)cc1F)C(=O)O.COC(=O)[C@@H](Cc1cc(F)c(F)cc1F)NC(=O)OC(C)(C)C.COc1cnc(OC)c(C(C)C)n1.COc1nc(C(C)C)c(OC)nc1Cc1cc(F)c(F)cc1F.[Li+].[OH-]. The second-order valence-corrected chi connectivity index (χ2v) is 31.5. The van der Waals surface area contributed by atoms with Crippen molar-refractivity contribution in [1.82, 2.24) is 41.2 Å². The Bertz CT molecular complexity index is 5080. The number of carboxylic acids is 2. The van der Waals surface area contributed by atoms with Crippen molar-refractivity contribution < 1.29 is 186 Å². The normalized spacial score (nSPS) is 11.8. The molecule has 0 bridgehead atoms. The van der Waals surface area contributed by atoms with Crippen LogP contribution in [0.3, 0.4) is 0 Å². The van der Waals surface area contributed by atoms with E-state index in [-0.39, 0.29) is 88.4 Å². The minimum Gasteiger partial charge on any atom is -0.870 e. The Hall–Kier alpha value is -12.5. The van der Waals surface area contributed by atoms with Crippen LogP contribution in [0.1, 0.15) is 174 Å². The maximum Gasteiger partial charge on any atom is 1.00 e. The zero-order valence-electron chi connectivity index (χ0n) is 74.8. The molecule has 0 saturated carbocycles. The Balaban J connectivity index is 0.00000154. The predicted molar refractivity (Wildman–Crippen MR) is 429 cm³/mol. The molecule has 4 amide bonds. The molecule has 0 unspecified atom stereocenters. The number of carbonyl (C=O) groups is 8. The molecule has 5 aromatic carbocycles. The molecule has 0 aliphatic carbocycles. The van der Waals surface area contributed by atoms with Gasteiger partial charge in [-0.25, -0.2) is 115 Å². The molecule has 0 fully saturated rings. The summed E-state index contributed by atoms with van der Waals surface area (Å²) in [7, 11) is 7.09. The third-order valence-electron chi connectivity index (χ3n) is 15.6. The standard InChI is InChI=1S/C16H17F3N2O2.C15H16F3N3O3.2C15H18F3NO4.C14H16F3NO4.C9H14N2O2.Li.H2O/c1-8(2)14-16(23-4)20-13(15(21-14)22-3)6-9-5-11(18)12(19)7-10(9)17;1-15(2,3)24-14(23)21-12(13(22)7-20-19)5-8-4-10(17)11(18)6-9(8)16;1-15(2,3)23-14(21)19-12(13(20)22-4)6-8-5-10(17)11(18)7-9(8)16;1-15(2,3)23-14(22)19-9(6-13(20)21)4-8-5-11(17)12(18)7-10(8)16;1-14(2,3)22-13(21)18-11(12(19)20)5-7-4-9(16)10(17)6-8(7)15;1-6(2)8-9(13-4)10-5-7(11-8)12-3;;/h5,7-8H,6H2,1-4H3;4,6-7,12H,5H2,1-3H3,(H,21,23);5,7,12H,6H2,1-4H3,(H,19,21);5,7,9H,4,6H2,1-3H3,(H,19,22)(H,20,21);4,6,11H,5H2,1-3H3,(H,18,21)(H,19,20);5-6H,1-4H3;;1H2/q;;;;;;+1;/p-1/t;2*12-;9-;11-;;;/m.1111.../s1. The largest absolute Gasteiger partial charge is 1.00 e. The molecule has 4 atom stereocenters. The van der Waals surface area contributed by atoms with Gasteiger partial charge in [0, 0.05) is 73.9 Å². The Morgan fingerprint density at radius 2 is 0.715 bits per heavy atom. The second kappa shape index (κ2) is 53.5. The van der Waals surface area contributed by atoms with Crippen LogP contribution in [0.5, 0.6) is 23.5 Å². The summed E-state index contributed by atoms with van der Waals surface area (Å²) in [6.45, 7) is 27.1. The van der Waals surface area contributed by atoms with E-state index in [1.165, 1.54) is 14.2 Å². The number of benzene rings is 5. The van der Waals surface area contributed by atoms with E-state index in [1.807, 2.05) is 33.0 Å². The van der Waals surface area contributed by atoms with E-state index in [4.69, 9.17) is 53.6 Å². The van der Waals surface area contributed by atoms with Gasteiger partial charge in [-0.3, -0.25) is 9.59 Å². The number of nitrogens with one attached hydrogen (secondary N) is 4. The average Bonchev–Trinajstić information content (AvgIpc) is 0.804. The summed E-state index contributed by atoms with van der Waals surface area (Å²) in [6, 6.07) is -0.207. The summed E-state index contributed by atoms with van der Waals surface area (Å²) in [5.41, 5.74) is 5.53. The van der Waals surface area contributed by atoms with Crippen molar-refractivity contribution in [2.75, 3.05) is 35.5 Å². The predicted octanol–water partition coefficient (Wildman–Crippen LogP) is 12.8. The molecule has 0 aliphatic heterocycles. The summed E-state index contributed by atoms with van der Waals surface area (Å²) >= 11 is 0. The molecule has 0 spiro atoms. The van der Waals surface area contributed by atoms with Crippen LogP contribution in [0.4, 0.5) is 85.0 Å². The van der Waals surface area contributed by atoms with Crippen molar-refractivity contribution in [2.45, 2.75) is 208 Å². The van der Waals surface area contributed by atoms with Crippen LogP contribution >= 0.6 is 0 Å². The third kappa shape index (κ3) is 42.2. The average molecular weight is 1860 g/mol. The number of amides is 4. The van der Waals surface area contributed by atoms with Gasteiger partial charge in [-0.1, -0.05) is 27.7 Å². The van der Waals surface area contributed by atoms with Crippen LogP contribution in [0.25, 0.3) is 5.53 Å². The first-order valence-electron chi connectivity index (χ1n) is 37.9. The van der Waals surface area contributed by atoms with E-state index in [0.717, 1.165) is 18.9 Å². The number of hydrogen-bond donors (Lipinski definition) is 6. The first-order chi connectivity index (χ1) is 59.1. The molecule has 0 aliphatic rings. The molecular weight excluding hydrogens is 1760 g/mol. The maximum absolute atomic E-state index is 13.8. The van der Waals surface area contributed by atoms with Gasteiger partial charge < -0.3 is 85.1 Å². The third-order valence-corrected chi connectivity index (χ3v) is 15.6. The zero-order valence-corrected chi connectivity index (χ0v) is 74.8. The second-order valence-electron chi connectivity index (χ2n) is 31.5. The van der Waals surface area contributed by atoms with Gasteiger partial charge >= 0.3 is 67.4 Å². The number of esters is 1. The molecule has 2 heterocycles. The van der Waals surface area contributed by atoms with Gasteiger partial charge in [0.15, 0.2) is 58.2 Å². The number of halogens is 15. The smallest absolute Gasteiger partial charge is 0.870 e. The van der Waals surface area contributed by atoms with Crippen LogP contribution in [-0.2, 0) is 75.0 Å². The van der Waals surface area contributed by atoms with Crippen LogP contribution in [-0.4, -0.2) is 177 Å². The van der Waals surface area contributed by atoms with E-state index < -0.39 is 208 Å². The molecule has 712 valence electrons. The summed E-state index contributed by atoms with van der Waals surface area (Å²) in [6.07, 6.45) is -4.18. The first kappa shape index (κ1) is 118. The topological polar surface area (TPSA) is 426 Å². The minimum atomic E-state index is -1.55. The van der Waals surface area contributed by atoms with Crippen LogP contribution in [0.15, 0.2) is 66.9 Å². The monoisotopic (exact) mass is 1860 g/mol. The van der Waals surface area contributed by atoms with E-state index in [1.54, 1.807) is 104 Å². The fraction of sp³-hybridized carbons (Fsp3) is 0.440. The summed E-state index contributed by atoms with van der Waals surface area (Å²) < 4.78 is 244. The first-order valence-corrected chi connectivity index (χ1v) is 37.9. The van der Waals surface area contributed by atoms with E-state index in [9.17, 15) is 104 Å². The summed E-state index contributed by atoms with van der Waals surface area (Å²) in [5, 5.41) is 26.6. The Morgan fingerprint density at radius 1 is 0.408 bits per heavy atom. The van der Waals surface area contributed by atoms with Crippen LogP contribution in [0, 0.1) is 87.3 Å². The number of ketones is 1. The number of carboxylic acid groups (broad SMARTS) is 2. The number of carbonyl (C=O) groups excluding carboxylic acids is 6. The van der Waals surface area contributed by atoms with Gasteiger partial charge in [-0.2, -0.15) is 4.79 Å². The van der Waals surface area contributed by atoms with Gasteiger partial charge in [0.05, 0.1) is 48.2 Å². The molecule has 130 heavy (non-hydrogen) atoms. The molecular formula is C84H100F15LiN10O20. The minimum absolute atomic E-state index is 0. The van der Waals surface area contributed by atoms with Crippen molar-refractivity contribution >= 4 is 54.3 Å². The number of nitrogens with zero attached hydrogens (tertiary/aromatic N) is 6. The van der Waals surface area contributed by atoms with Crippen molar-refractivity contribution in [3.63, 3.8) is 0 Å². The number of ether oxygens (including phenoxy) is 9. The van der Waals surface area contributed by atoms with Crippen molar-refractivity contribution in [3.8, 4) is 23.5 Å². The molecule has 2 aromatic heterocycles. The molecule has 0 saturated heterocycles. The summed E-state index contributed by atoms with van der Waals surface area (Å²) in [5.74, 6) is -20.6. The Morgan fingerprint density at radius 3 is 1.04 bits per heavy atom. The quantitative estimate of drug-likeness (QED) is 0.00428. The Labute approximate surface area is 749 Å². The molecule has 7 aromatic rings. The van der Waals surface area contributed by atoms with E-state index >= 15 is 0 Å². The molecule has 30 nitrogen and oxygen atoms in total. The maximum atomic E-state index is 13.8. The van der Waals surface area contributed by atoms with Gasteiger partial charge in [0.2, 0.25) is 23.5 Å². The van der Waals surface area contributed by atoms with E-state index in [2.05, 4.69) is 45.4 Å². The number of aromatic nitrogens is 4. The number of alkyl carbamates (subject to hydrolysis) is 4. The van der Waals surface area contributed by atoms with Crippen LogP contribution in [0.2, 0.25) is 0 Å². The molecule has 7 N–H and O–H groups in total. The molecule has 7 rings (SSSR count). The Kier molecular flexibility index (Phi) is 48.3.